The molecule has 0 spiro atoms. The van der Waals surface area contributed by atoms with Gasteiger partial charge in [0.2, 0.25) is 0 Å². The largest absolute Gasteiger partial charge is 0.490 e. The van der Waals surface area contributed by atoms with Gasteiger partial charge in [-0.05, 0) is 56.7 Å². The highest BCUT2D eigenvalue weighted by atomic mass is 19.1. The second-order valence-electron chi connectivity index (χ2n) is 9.38. The molecule has 36 heavy (non-hydrogen) atoms. The van der Waals surface area contributed by atoms with E-state index < -0.39 is 17.7 Å². The molecule has 2 aromatic rings. The average Bonchev–Trinajstić information content (AvgIpc) is 2.89. The maximum absolute atomic E-state index is 14.4. The van der Waals surface area contributed by atoms with Gasteiger partial charge in [-0.25, -0.2) is 9.18 Å². The van der Waals surface area contributed by atoms with Crippen LogP contribution in [0.4, 0.5) is 10.1 Å². The summed E-state index contributed by atoms with van der Waals surface area (Å²) in [6.45, 7) is 9.81. The zero-order valence-corrected chi connectivity index (χ0v) is 22.3. The topological polar surface area (TPSA) is 64.6 Å². The molecule has 7 heteroatoms. The van der Waals surface area contributed by atoms with E-state index in [0.717, 1.165) is 43.4 Å². The molecule has 1 amide bonds. The van der Waals surface area contributed by atoms with Crippen molar-refractivity contribution >= 4 is 17.6 Å². The quantitative estimate of drug-likeness (QED) is 0.163. The van der Waals surface area contributed by atoms with Crippen molar-refractivity contribution in [3.63, 3.8) is 0 Å². The minimum Gasteiger partial charge on any atom is -0.490 e. The summed E-state index contributed by atoms with van der Waals surface area (Å²) in [5.74, 6) is -1.47. The fourth-order valence-corrected chi connectivity index (χ4v) is 3.76. The summed E-state index contributed by atoms with van der Waals surface area (Å²) < 4.78 is 26.4. The molecule has 2 rings (SSSR count). The minimum atomic E-state index is -0.562. The summed E-state index contributed by atoms with van der Waals surface area (Å²) in [6.07, 6.45) is 6.55. The number of para-hydroxylation sites is 1. The van der Waals surface area contributed by atoms with Crippen molar-refractivity contribution in [3.8, 4) is 5.75 Å². The van der Waals surface area contributed by atoms with E-state index in [1.807, 2.05) is 0 Å². The van der Waals surface area contributed by atoms with Crippen LogP contribution in [0.25, 0.3) is 0 Å². The van der Waals surface area contributed by atoms with Crippen LogP contribution in [0.2, 0.25) is 0 Å². The van der Waals surface area contributed by atoms with Gasteiger partial charge in [0, 0.05) is 5.69 Å². The third-order valence-corrected chi connectivity index (χ3v) is 6.73. The van der Waals surface area contributed by atoms with Gasteiger partial charge in [-0.15, -0.1) is 0 Å². The zero-order chi connectivity index (χ0) is 26.4. The van der Waals surface area contributed by atoms with Gasteiger partial charge in [0.25, 0.3) is 5.91 Å². The Balaban J connectivity index is 1.91. The lowest BCUT2D eigenvalue weighted by atomic mass is 10.1. The lowest BCUT2D eigenvalue weighted by Gasteiger charge is -2.31. The number of nitrogens with zero attached hydrogens (tertiary/aromatic N) is 1. The molecular weight excluding hydrogens is 459 g/mol. The van der Waals surface area contributed by atoms with E-state index >= 15 is 0 Å². The number of hydrogen-bond donors (Lipinski definition) is 1. The molecular formula is C29H42FN2O4+. The van der Waals surface area contributed by atoms with Crippen LogP contribution in [-0.4, -0.2) is 56.3 Å². The van der Waals surface area contributed by atoms with Crippen molar-refractivity contribution in [2.75, 3.05) is 45.2 Å². The minimum absolute atomic E-state index is 0.0340. The SMILES string of the molecule is CCCCCCCCOc1c(F)cccc1C(=O)Nc1ccc(C(=O)OCC[N+](C)(CC)CC)cc1. The molecule has 0 aromatic heterocycles. The Kier molecular flexibility index (Phi) is 12.4. The Bertz CT molecular complexity index is 958. The number of carbonyl (C=O) groups is 2. The summed E-state index contributed by atoms with van der Waals surface area (Å²) in [5, 5.41) is 2.75. The first kappa shape index (κ1) is 29.3. The lowest BCUT2D eigenvalue weighted by Crippen LogP contribution is -2.46. The standard InChI is InChI=1S/C29H41FN2O4/c1-5-8-9-10-11-12-21-35-27-25(14-13-15-26(27)30)28(33)31-24-18-16-23(17-19-24)29(34)36-22-20-32(4,6-2)7-3/h13-19H,5-12,20-22H2,1-4H3/p+1. The Morgan fingerprint density at radius 3 is 2.22 bits per heavy atom. The van der Waals surface area contributed by atoms with Gasteiger partial charge >= 0.3 is 5.97 Å². The maximum atomic E-state index is 14.4. The van der Waals surface area contributed by atoms with Crippen LogP contribution in [0.1, 0.15) is 80.0 Å². The van der Waals surface area contributed by atoms with Crippen LogP contribution in [-0.2, 0) is 4.74 Å². The molecule has 0 radical (unpaired) electrons. The van der Waals surface area contributed by atoms with Crippen LogP contribution in [0.3, 0.4) is 0 Å². The molecule has 0 fully saturated rings. The summed E-state index contributed by atoms with van der Waals surface area (Å²) in [7, 11) is 2.13. The second-order valence-corrected chi connectivity index (χ2v) is 9.38. The van der Waals surface area contributed by atoms with Gasteiger partial charge in [-0.1, -0.05) is 45.1 Å². The number of ether oxygens (including phenoxy) is 2. The van der Waals surface area contributed by atoms with E-state index in [-0.39, 0.29) is 11.3 Å². The smallest absolute Gasteiger partial charge is 0.338 e. The van der Waals surface area contributed by atoms with Crippen LogP contribution in [0.15, 0.2) is 42.5 Å². The fourth-order valence-electron chi connectivity index (χ4n) is 3.76. The highest BCUT2D eigenvalue weighted by Crippen LogP contribution is 2.24. The van der Waals surface area contributed by atoms with Crippen LogP contribution in [0, 0.1) is 5.82 Å². The number of hydrogen-bond acceptors (Lipinski definition) is 4. The molecule has 0 saturated heterocycles. The van der Waals surface area contributed by atoms with E-state index in [0.29, 0.717) is 24.5 Å². The predicted octanol–water partition coefficient (Wildman–Crippen LogP) is 6.46. The van der Waals surface area contributed by atoms with E-state index in [4.69, 9.17) is 9.47 Å². The number of benzene rings is 2. The summed E-state index contributed by atoms with van der Waals surface area (Å²) >= 11 is 0. The predicted molar refractivity (Wildman–Crippen MR) is 142 cm³/mol. The van der Waals surface area contributed by atoms with Gasteiger partial charge in [0.15, 0.2) is 11.6 Å². The fraction of sp³-hybridized carbons (Fsp3) is 0.517. The van der Waals surface area contributed by atoms with E-state index in [1.165, 1.54) is 31.4 Å². The molecule has 0 aliphatic heterocycles. The van der Waals surface area contributed by atoms with Crippen LogP contribution < -0.4 is 10.1 Å². The first-order valence-corrected chi connectivity index (χ1v) is 13.2. The van der Waals surface area contributed by atoms with E-state index in [9.17, 15) is 14.0 Å². The van der Waals surface area contributed by atoms with Crippen molar-refractivity contribution < 1.29 is 27.9 Å². The first-order chi connectivity index (χ1) is 17.3. The lowest BCUT2D eigenvalue weighted by molar-refractivity contribution is -0.906. The number of esters is 1. The highest BCUT2D eigenvalue weighted by Gasteiger charge is 2.19. The van der Waals surface area contributed by atoms with Gasteiger partial charge in [-0.3, -0.25) is 4.79 Å². The Morgan fingerprint density at radius 2 is 1.56 bits per heavy atom. The maximum Gasteiger partial charge on any atom is 0.338 e. The Hall–Kier alpha value is -2.93. The van der Waals surface area contributed by atoms with Crippen molar-refractivity contribution in [1.82, 2.24) is 0 Å². The monoisotopic (exact) mass is 501 g/mol. The van der Waals surface area contributed by atoms with Gasteiger partial charge in [-0.2, -0.15) is 0 Å². The number of amides is 1. The van der Waals surface area contributed by atoms with Crippen molar-refractivity contribution in [2.45, 2.75) is 59.3 Å². The molecule has 1 N–H and O–H groups in total. The average molecular weight is 502 g/mol. The summed E-state index contributed by atoms with van der Waals surface area (Å²) in [4.78, 5) is 25.2. The highest BCUT2D eigenvalue weighted by molar-refractivity contribution is 6.06. The van der Waals surface area contributed by atoms with Crippen molar-refractivity contribution in [2.24, 2.45) is 0 Å². The molecule has 198 valence electrons. The molecule has 0 aliphatic rings. The third-order valence-electron chi connectivity index (χ3n) is 6.73. The first-order valence-electron chi connectivity index (χ1n) is 13.2. The van der Waals surface area contributed by atoms with Gasteiger partial charge in [0.1, 0.15) is 13.2 Å². The molecule has 2 aromatic carbocycles. The number of unbranched alkanes of at least 4 members (excludes halogenated alkanes) is 5. The van der Waals surface area contributed by atoms with E-state index in [1.54, 1.807) is 30.3 Å². The zero-order valence-electron chi connectivity index (χ0n) is 22.3. The molecule has 0 aliphatic carbocycles. The number of anilines is 1. The number of carbonyl (C=O) groups excluding carboxylic acids is 2. The number of quaternary nitrogens is 1. The molecule has 0 bridgehead atoms. The molecule has 0 heterocycles. The Morgan fingerprint density at radius 1 is 0.889 bits per heavy atom. The summed E-state index contributed by atoms with van der Waals surface area (Å²) in [6, 6.07) is 10.8. The van der Waals surface area contributed by atoms with Gasteiger partial charge in [0.05, 0.1) is 37.9 Å². The second kappa shape index (κ2) is 15.2. The molecule has 0 saturated carbocycles. The van der Waals surface area contributed by atoms with Crippen LogP contribution in [0.5, 0.6) is 5.75 Å². The number of halogens is 1. The molecule has 0 atom stereocenters. The Labute approximate surface area is 215 Å². The number of likely N-dealkylation sites (N-methyl/N-ethyl adjacent to an activating group) is 1. The number of rotatable bonds is 16. The third kappa shape index (κ3) is 9.26. The van der Waals surface area contributed by atoms with Crippen LogP contribution >= 0.6 is 0 Å². The van der Waals surface area contributed by atoms with Gasteiger partial charge < -0.3 is 19.3 Å². The van der Waals surface area contributed by atoms with Crippen molar-refractivity contribution in [1.29, 1.82) is 0 Å². The number of nitrogens with one attached hydrogen (secondary N) is 1. The molecule has 6 nitrogen and oxygen atoms in total. The molecule has 0 unspecified atom stereocenters. The van der Waals surface area contributed by atoms with Crippen molar-refractivity contribution in [3.05, 3.63) is 59.4 Å². The van der Waals surface area contributed by atoms with E-state index in [2.05, 4.69) is 33.1 Å². The summed E-state index contributed by atoms with van der Waals surface area (Å²) in [5.41, 5.74) is 1.03. The normalized spacial score (nSPS) is 11.2.